The summed E-state index contributed by atoms with van der Waals surface area (Å²) in [5.41, 5.74) is 2.05. The van der Waals surface area contributed by atoms with Gasteiger partial charge in [-0.25, -0.2) is 0 Å². The minimum absolute atomic E-state index is 0.152. The molecule has 0 aliphatic carbocycles. The van der Waals surface area contributed by atoms with Crippen LogP contribution >= 0.6 is 0 Å². The zero-order valence-corrected chi connectivity index (χ0v) is 9.85. The molecule has 1 heterocycles. The average Bonchev–Trinajstić information content (AvgIpc) is 2.36. The lowest BCUT2D eigenvalue weighted by Gasteiger charge is -2.03. The fourth-order valence-electron chi connectivity index (χ4n) is 1.73. The summed E-state index contributed by atoms with van der Waals surface area (Å²) in [5, 5.41) is 1.11. The molecule has 3 heteroatoms. The lowest BCUT2D eigenvalue weighted by Crippen LogP contribution is -2.05. The molecule has 1 aromatic heterocycles. The molecule has 0 radical (unpaired) electrons. The maximum Gasteiger partial charge on any atom is 0.306 e. The Balaban J connectivity index is 2.06. The third kappa shape index (κ3) is 3.03. The average molecular weight is 229 g/mol. The standard InChI is InChI=1S/C14H15NO2/c1-2-17-14(16)8-7-11-9-12-5-3-4-6-13(12)15-10-11/h3-6,9-10H,2,7-8H2,1H3. The van der Waals surface area contributed by atoms with Crippen molar-refractivity contribution in [1.82, 2.24) is 4.98 Å². The van der Waals surface area contributed by atoms with Gasteiger partial charge in [0.1, 0.15) is 0 Å². The van der Waals surface area contributed by atoms with Gasteiger partial charge in [0, 0.05) is 18.0 Å². The molecule has 17 heavy (non-hydrogen) atoms. The molecule has 0 atom stereocenters. The first-order valence-corrected chi connectivity index (χ1v) is 5.79. The number of aromatic nitrogens is 1. The Morgan fingerprint density at radius 2 is 2.18 bits per heavy atom. The van der Waals surface area contributed by atoms with E-state index < -0.39 is 0 Å². The maximum atomic E-state index is 11.2. The van der Waals surface area contributed by atoms with Crippen LogP contribution in [0.25, 0.3) is 10.9 Å². The van der Waals surface area contributed by atoms with E-state index in [1.807, 2.05) is 37.4 Å². The van der Waals surface area contributed by atoms with Crippen molar-refractivity contribution >= 4 is 16.9 Å². The lowest BCUT2D eigenvalue weighted by atomic mass is 10.1. The molecule has 2 aromatic rings. The van der Waals surface area contributed by atoms with Crippen LogP contribution < -0.4 is 0 Å². The van der Waals surface area contributed by atoms with Gasteiger partial charge < -0.3 is 4.74 Å². The van der Waals surface area contributed by atoms with Gasteiger partial charge in [-0.2, -0.15) is 0 Å². The number of pyridine rings is 1. The summed E-state index contributed by atoms with van der Waals surface area (Å²) in [5.74, 6) is -0.152. The van der Waals surface area contributed by atoms with Gasteiger partial charge in [-0.05, 0) is 31.0 Å². The molecule has 0 aliphatic heterocycles. The largest absolute Gasteiger partial charge is 0.466 e. The number of benzene rings is 1. The SMILES string of the molecule is CCOC(=O)CCc1cnc2ccccc2c1. The quantitative estimate of drug-likeness (QED) is 0.757. The van der Waals surface area contributed by atoms with Crippen molar-refractivity contribution in [2.45, 2.75) is 19.8 Å². The Morgan fingerprint density at radius 3 is 3.00 bits per heavy atom. The van der Waals surface area contributed by atoms with Crippen LogP contribution in [0, 0.1) is 0 Å². The molecule has 0 bridgehead atoms. The van der Waals surface area contributed by atoms with Gasteiger partial charge in [0.15, 0.2) is 0 Å². The van der Waals surface area contributed by atoms with E-state index in [0.29, 0.717) is 19.4 Å². The number of aryl methyl sites for hydroxylation is 1. The van der Waals surface area contributed by atoms with Crippen LogP contribution in [0.15, 0.2) is 36.5 Å². The summed E-state index contributed by atoms with van der Waals surface area (Å²) in [6.45, 7) is 2.25. The second-order valence-corrected chi connectivity index (χ2v) is 3.84. The second-order valence-electron chi connectivity index (χ2n) is 3.84. The molecule has 0 N–H and O–H groups in total. The Bertz CT molecular complexity index is 522. The molecular formula is C14H15NO2. The first-order chi connectivity index (χ1) is 8.29. The monoisotopic (exact) mass is 229 g/mol. The number of nitrogens with zero attached hydrogens (tertiary/aromatic N) is 1. The predicted molar refractivity (Wildman–Crippen MR) is 66.7 cm³/mol. The van der Waals surface area contributed by atoms with Crippen molar-refractivity contribution in [3.05, 3.63) is 42.1 Å². The summed E-state index contributed by atoms with van der Waals surface area (Å²) >= 11 is 0. The van der Waals surface area contributed by atoms with Crippen LogP contribution in [0.2, 0.25) is 0 Å². The first-order valence-electron chi connectivity index (χ1n) is 5.79. The van der Waals surface area contributed by atoms with Crippen LogP contribution in [0.5, 0.6) is 0 Å². The summed E-state index contributed by atoms with van der Waals surface area (Å²) in [4.78, 5) is 15.6. The van der Waals surface area contributed by atoms with E-state index in [4.69, 9.17) is 4.74 Å². The highest BCUT2D eigenvalue weighted by Gasteiger charge is 2.03. The Hall–Kier alpha value is -1.90. The molecule has 0 unspecified atom stereocenters. The highest BCUT2D eigenvalue weighted by molar-refractivity contribution is 5.79. The Kier molecular flexibility index (Phi) is 3.70. The number of para-hydroxylation sites is 1. The topological polar surface area (TPSA) is 39.2 Å². The van der Waals surface area contributed by atoms with Crippen molar-refractivity contribution in [3.8, 4) is 0 Å². The molecule has 0 spiro atoms. The van der Waals surface area contributed by atoms with E-state index in [1.54, 1.807) is 0 Å². The number of hydrogen-bond donors (Lipinski definition) is 0. The fraction of sp³-hybridized carbons (Fsp3) is 0.286. The van der Waals surface area contributed by atoms with E-state index in [9.17, 15) is 4.79 Å². The van der Waals surface area contributed by atoms with Crippen LogP contribution in [-0.2, 0) is 16.0 Å². The number of esters is 1. The molecule has 0 fully saturated rings. The zero-order valence-electron chi connectivity index (χ0n) is 9.85. The molecule has 0 aliphatic rings. The summed E-state index contributed by atoms with van der Waals surface area (Å²) in [6.07, 6.45) is 2.91. The maximum absolute atomic E-state index is 11.2. The minimum atomic E-state index is -0.152. The number of rotatable bonds is 4. The first kappa shape index (κ1) is 11.6. The van der Waals surface area contributed by atoms with Crippen molar-refractivity contribution in [2.24, 2.45) is 0 Å². The third-order valence-electron chi connectivity index (χ3n) is 2.57. The third-order valence-corrected chi connectivity index (χ3v) is 2.57. The summed E-state index contributed by atoms with van der Waals surface area (Å²) < 4.78 is 4.89. The van der Waals surface area contributed by atoms with Gasteiger partial charge >= 0.3 is 5.97 Å². The van der Waals surface area contributed by atoms with Crippen molar-refractivity contribution in [2.75, 3.05) is 6.61 Å². The Morgan fingerprint density at radius 1 is 1.35 bits per heavy atom. The Labute approximate surface area is 100 Å². The summed E-state index contributed by atoms with van der Waals surface area (Å²) in [6, 6.07) is 10.0. The van der Waals surface area contributed by atoms with Crippen molar-refractivity contribution in [3.63, 3.8) is 0 Å². The van der Waals surface area contributed by atoms with Gasteiger partial charge in [-0.1, -0.05) is 18.2 Å². The van der Waals surface area contributed by atoms with Gasteiger partial charge in [0.05, 0.1) is 12.1 Å². The van der Waals surface area contributed by atoms with E-state index in [2.05, 4.69) is 11.1 Å². The number of carbonyl (C=O) groups excluding carboxylic acids is 1. The highest BCUT2D eigenvalue weighted by Crippen LogP contribution is 2.13. The van der Waals surface area contributed by atoms with Crippen molar-refractivity contribution in [1.29, 1.82) is 0 Å². The van der Waals surface area contributed by atoms with E-state index in [-0.39, 0.29) is 5.97 Å². The van der Waals surface area contributed by atoms with E-state index >= 15 is 0 Å². The van der Waals surface area contributed by atoms with Gasteiger partial charge in [-0.15, -0.1) is 0 Å². The molecule has 88 valence electrons. The van der Waals surface area contributed by atoms with Crippen molar-refractivity contribution < 1.29 is 9.53 Å². The van der Waals surface area contributed by atoms with E-state index in [0.717, 1.165) is 16.5 Å². The molecule has 0 saturated carbocycles. The number of carbonyl (C=O) groups is 1. The molecular weight excluding hydrogens is 214 g/mol. The van der Waals surface area contributed by atoms with Crippen LogP contribution in [0.4, 0.5) is 0 Å². The fourth-order valence-corrected chi connectivity index (χ4v) is 1.73. The molecule has 0 amide bonds. The summed E-state index contributed by atoms with van der Waals surface area (Å²) in [7, 11) is 0. The van der Waals surface area contributed by atoms with Crippen LogP contribution in [0.1, 0.15) is 18.9 Å². The molecule has 3 nitrogen and oxygen atoms in total. The number of fused-ring (bicyclic) bond motifs is 1. The van der Waals surface area contributed by atoms with Crippen LogP contribution in [-0.4, -0.2) is 17.6 Å². The molecule has 1 aromatic carbocycles. The zero-order chi connectivity index (χ0) is 12.1. The number of hydrogen-bond acceptors (Lipinski definition) is 3. The normalized spacial score (nSPS) is 10.4. The van der Waals surface area contributed by atoms with Gasteiger partial charge in [-0.3, -0.25) is 9.78 Å². The van der Waals surface area contributed by atoms with Gasteiger partial charge in [0.25, 0.3) is 0 Å². The highest BCUT2D eigenvalue weighted by atomic mass is 16.5. The lowest BCUT2D eigenvalue weighted by molar-refractivity contribution is -0.143. The van der Waals surface area contributed by atoms with Crippen LogP contribution in [0.3, 0.4) is 0 Å². The number of ether oxygens (including phenoxy) is 1. The smallest absolute Gasteiger partial charge is 0.306 e. The minimum Gasteiger partial charge on any atom is -0.466 e. The van der Waals surface area contributed by atoms with Gasteiger partial charge in [0.2, 0.25) is 0 Å². The second kappa shape index (κ2) is 5.43. The van der Waals surface area contributed by atoms with E-state index in [1.165, 1.54) is 0 Å². The predicted octanol–water partition coefficient (Wildman–Crippen LogP) is 2.73. The molecule has 2 rings (SSSR count). The molecule has 0 saturated heterocycles.